The molecular formula is C20H20N2O2S. The largest absolute Gasteiger partial charge is 0.298 e. The molecule has 1 saturated carbocycles. The second-order valence-electron chi connectivity index (χ2n) is 6.48. The molecule has 1 atom stereocenters. The summed E-state index contributed by atoms with van der Waals surface area (Å²) in [5.41, 5.74) is 0.683. The number of hydrogen-bond acceptors (Lipinski definition) is 4. The molecule has 4 nitrogen and oxygen atoms in total. The highest BCUT2D eigenvalue weighted by atomic mass is 32.2. The SMILES string of the molecule is CCn1c(S[C@H]2CCCCC2=O)nc2cc3ccccc3cc2c1=O. The zero-order valence-electron chi connectivity index (χ0n) is 14.2. The fourth-order valence-corrected chi connectivity index (χ4v) is 4.74. The van der Waals surface area contributed by atoms with Crippen molar-refractivity contribution in [2.24, 2.45) is 0 Å². The summed E-state index contributed by atoms with van der Waals surface area (Å²) in [6.07, 6.45) is 3.57. The zero-order valence-corrected chi connectivity index (χ0v) is 15.0. The lowest BCUT2D eigenvalue weighted by atomic mass is 9.99. The average molecular weight is 352 g/mol. The average Bonchev–Trinajstić information content (AvgIpc) is 2.63. The van der Waals surface area contributed by atoms with E-state index in [4.69, 9.17) is 4.98 Å². The smallest absolute Gasteiger partial charge is 0.262 e. The van der Waals surface area contributed by atoms with Gasteiger partial charge in [0.25, 0.3) is 5.56 Å². The summed E-state index contributed by atoms with van der Waals surface area (Å²) in [6, 6.07) is 11.9. The van der Waals surface area contributed by atoms with Crippen molar-refractivity contribution in [3.63, 3.8) is 0 Å². The summed E-state index contributed by atoms with van der Waals surface area (Å²) < 4.78 is 1.70. The molecule has 0 spiro atoms. The van der Waals surface area contributed by atoms with E-state index in [0.717, 1.165) is 30.0 Å². The first-order valence-corrected chi connectivity index (χ1v) is 9.68. The number of fused-ring (bicyclic) bond motifs is 2. The molecule has 4 rings (SSSR count). The Hall–Kier alpha value is -2.14. The summed E-state index contributed by atoms with van der Waals surface area (Å²) in [4.78, 5) is 29.9. The van der Waals surface area contributed by atoms with Gasteiger partial charge in [-0.05, 0) is 42.7 Å². The summed E-state index contributed by atoms with van der Waals surface area (Å²) in [6.45, 7) is 2.50. The van der Waals surface area contributed by atoms with Crippen LogP contribution in [0.5, 0.6) is 0 Å². The molecule has 0 unspecified atom stereocenters. The number of carbonyl (C=O) groups excluding carboxylic acids is 1. The summed E-state index contributed by atoms with van der Waals surface area (Å²) >= 11 is 1.46. The molecule has 1 aliphatic carbocycles. The molecule has 128 valence electrons. The molecule has 0 N–H and O–H groups in total. The molecule has 3 aromatic rings. The van der Waals surface area contributed by atoms with Crippen LogP contribution in [-0.2, 0) is 11.3 Å². The first kappa shape index (κ1) is 16.3. The maximum absolute atomic E-state index is 13.0. The number of rotatable bonds is 3. The number of hydrogen-bond donors (Lipinski definition) is 0. The van der Waals surface area contributed by atoms with Crippen LogP contribution < -0.4 is 5.56 Å². The highest BCUT2D eigenvalue weighted by molar-refractivity contribution is 8.00. The lowest BCUT2D eigenvalue weighted by Crippen LogP contribution is -2.26. The molecule has 0 saturated heterocycles. The van der Waals surface area contributed by atoms with Crippen LogP contribution >= 0.6 is 11.8 Å². The van der Waals surface area contributed by atoms with Gasteiger partial charge in [-0.1, -0.05) is 42.4 Å². The molecule has 0 aliphatic heterocycles. The van der Waals surface area contributed by atoms with Crippen molar-refractivity contribution in [1.29, 1.82) is 0 Å². The van der Waals surface area contributed by atoms with E-state index in [-0.39, 0.29) is 16.6 Å². The Morgan fingerprint density at radius 3 is 2.64 bits per heavy atom. The van der Waals surface area contributed by atoms with Gasteiger partial charge >= 0.3 is 0 Å². The Bertz CT molecular complexity index is 1030. The molecule has 1 fully saturated rings. The molecule has 1 aliphatic rings. The third-order valence-electron chi connectivity index (χ3n) is 4.85. The Morgan fingerprint density at radius 2 is 1.92 bits per heavy atom. The van der Waals surface area contributed by atoms with E-state index in [2.05, 4.69) is 0 Å². The van der Waals surface area contributed by atoms with Gasteiger partial charge in [0, 0.05) is 13.0 Å². The van der Waals surface area contributed by atoms with Crippen LogP contribution in [0.25, 0.3) is 21.7 Å². The molecule has 5 heteroatoms. The molecule has 0 bridgehead atoms. The molecule has 1 heterocycles. The van der Waals surface area contributed by atoms with E-state index < -0.39 is 0 Å². The summed E-state index contributed by atoms with van der Waals surface area (Å²) in [5, 5.41) is 3.34. The van der Waals surface area contributed by atoms with Crippen molar-refractivity contribution < 1.29 is 4.79 Å². The minimum Gasteiger partial charge on any atom is -0.298 e. The first-order valence-electron chi connectivity index (χ1n) is 8.80. The predicted octanol–water partition coefficient (Wildman–Crippen LogP) is 4.17. The van der Waals surface area contributed by atoms with Crippen LogP contribution in [-0.4, -0.2) is 20.6 Å². The Balaban J connectivity index is 1.87. The summed E-state index contributed by atoms with van der Waals surface area (Å²) in [7, 11) is 0. The van der Waals surface area contributed by atoms with Gasteiger partial charge in [-0.2, -0.15) is 0 Å². The van der Waals surface area contributed by atoms with Gasteiger partial charge in [0.05, 0.1) is 16.2 Å². The normalized spacial score (nSPS) is 18.1. The van der Waals surface area contributed by atoms with Crippen molar-refractivity contribution in [3.8, 4) is 0 Å². The van der Waals surface area contributed by atoms with Crippen molar-refractivity contribution in [3.05, 3.63) is 46.8 Å². The number of carbonyl (C=O) groups is 1. The fraction of sp³-hybridized carbons (Fsp3) is 0.350. The van der Waals surface area contributed by atoms with Crippen molar-refractivity contribution in [2.45, 2.75) is 49.6 Å². The molecule has 2 aromatic carbocycles. The number of Topliss-reactive ketones (excluding diaryl/α,β-unsaturated/α-hetero) is 1. The molecule has 1 aromatic heterocycles. The van der Waals surface area contributed by atoms with Gasteiger partial charge < -0.3 is 0 Å². The second-order valence-corrected chi connectivity index (χ2v) is 7.65. The molecule has 0 radical (unpaired) electrons. The molecule has 25 heavy (non-hydrogen) atoms. The van der Waals surface area contributed by atoms with Crippen molar-refractivity contribution in [1.82, 2.24) is 9.55 Å². The number of thioether (sulfide) groups is 1. The van der Waals surface area contributed by atoms with E-state index >= 15 is 0 Å². The van der Waals surface area contributed by atoms with Gasteiger partial charge in [0.15, 0.2) is 5.16 Å². The summed E-state index contributed by atoms with van der Waals surface area (Å²) in [5.74, 6) is 0.284. The van der Waals surface area contributed by atoms with E-state index in [0.29, 0.717) is 29.0 Å². The topological polar surface area (TPSA) is 52.0 Å². The van der Waals surface area contributed by atoms with Crippen molar-refractivity contribution in [2.75, 3.05) is 0 Å². The Kier molecular flexibility index (Phi) is 4.34. The van der Waals surface area contributed by atoms with Gasteiger partial charge in [-0.15, -0.1) is 0 Å². The second kappa shape index (κ2) is 6.64. The first-order chi connectivity index (χ1) is 12.2. The lowest BCUT2D eigenvalue weighted by molar-refractivity contribution is -0.119. The minimum absolute atomic E-state index is 0.0241. The maximum atomic E-state index is 13.0. The van der Waals surface area contributed by atoms with Gasteiger partial charge in [0.2, 0.25) is 0 Å². The quantitative estimate of drug-likeness (QED) is 0.524. The predicted molar refractivity (Wildman–Crippen MR) is 102 cm³/mol. The fourth-order valence-electron chi connectivity index (χ4n) is 3.46. The Morgan fingerprint density at radius 1 is 1.16 bits per heavy atom. The minimum atomic E-state index is -0.0728. The third-order valence-corrected chi connectivity index (χ3v) is 6.15. The standard InChI is InChI=1S/C20H20N2O2S/c1-2-22-19(24)15-11-13-7-3-4-8-14(13)12-16(15)21-20(22)25-18-10-6-5-9-17(18)23/h3-4,7-8,11-12,18H,2,5-6,9-10H2,1H3/t18-/m0/s1. The lowest BCUT2D eigenvalue weighted by Gasteiger charge is -2.21. The number of ketones is 1. The zero-order chi connectivity index (χ0) is 17.4. The highest BCUT2D eigenvalue weighted by Gasteiger charge is 2.25. The van der Waals surface area contributed by atoms with Crippen LogP contribution in [0.1, 0.15) is 32.6 Å². The van der Waals surface area contributed by atoms with Gasteiger partial charge in [-0.25, -0.2) is 4.98 Å². The van der Waals surface area contributed by atoms with Gasteiger partial charge in [0.1, 0.15) is 5.78 Å². The van der Waals surface area contributed by atoms with Crippen molar-refractivity contribution >= 4 is 39.2 Å². The Labute approximate surface area is 150 Å². The number of nitrogens with zero attached hydrogens (tertiary/aromatic N) is 2. The highest BCUT2D eigenvalue weighted by Crippen LogP contribution is 2.31. The monoisotopic (exact) mass is 352 g/mol. The molecule has 0 amide bonds. The van der Waals surface area contributed by atoms with Crippen LogP contribution in [0.2, 0.25) is 0 Å². The third kappa shape index (κ3) is 2.97. The van der Waals surface area contributed by atoms with Crippen LogP contribution in [0.3, 0.4) is 0 Å². The van der Waals surface area contributed by atoms with Gasteiger partial charge in [-0.3, -0.25) is 14.2 Å². The van der Waals surface area contributed by atoms with Crippen LogP contribution in [0, 0.1) is 0 Å². The molecular weight excluding hydrogens is 332 g/mol. The van der Waals surface area contributed by atoms with Crippen LogP contribution in [0.15, 0.2) is 46.3 Å². The van der Waals surface area contributed by atoms with E-state index in [1.54, 1.807) is 4.57 Å². The number of aromatic nitrogens is 2. The number of benzene rings is 2. The maximum Gasteiger partial charge on any atom is 0.262 e. The van der Waals surface area contributed by atoms with E-state index in [1.807, 2.05) is 43.3 Å². The van der Waals surface area contributed by atoms with E-state index in [1.165, 1.54) is 11.8 Å². The van der Waals surface area contributed by atoms with Crippen LogP contribution in [0.4, 0.5) is 0 Å². The van der Waals surface area contributed by atoms with E-state index in [9.17, 15) is 9.59 Å².